The van der Waals surface area contributed by atoms with Crippen LogP contribution >= 0.6 is 0 Å². The van der Waals surface area contributed by atoms with Gasteiger partial charge in [0.05, 0.1) is 15.0 Å². The predicted molar refractivity (Wildman–Crippen MR) is 141 cm³/mol. The minimum Gasteiger partial charge on any atom is -0.436 e. The van der Waals surface area contributed by atoms with E-state index in [1.165, 1.54) is 6.08 Å². The van der Waals surface area contributed by atoms with Crippen LogP contribution in [0.5, 0.6) is 0 Å². The first-order valence-electron chi connectivity index (χ1n) is 11.0. The molecule has 0 fully saturated rings. The average Bonchev–Trinajstić information content (AvgIpc) is 2.55. The summed E-state index contributed by atoms with van der Waals surface area (Å²) in [5.74, 6) is -0.687. The Morgan fingerprint density at radius 3 is 2.00 bits per heavy atom. The van der Waals surface area contributed by atoms with Crippen molar-refractivity contribution in [3.63, 3.8) is 0 Å². The molecule has 0 bridgehead atoms. The highest BCUT2D eigenvalue weighted by atomic mass is 28.5. The summed E-state index contributed by atoms with van der Waals surface area (Å²) in [6.45, 7) is 27.9. The minimum atomic E-state index is -2.58. The van der Waals surface area contributed by atoms with Gasteiger partial charge in [0.25, 0.3) is 0 Å². The van der Waals surface area contributed by atoms with E-state index in [2.05, 4.69) is 65.5 Å². The molecular formula is C20H46NO5Si5. The van der Waals surface area contributed by atoms with Crippen LogP contribution in [0.25, 0.3) is 0 Å². The maximum atomic E-state index is 12.7. The minimum absolute atomic E-state index is 0.0782. The summed E-state index contributed by atoms with van der Waals surface area (Å²) >= 11 is 0. The second kappa shape index (κ2) is 13.1. The van der Waals surface area contributed by atoms with E-state index in [-0.39, 0.29) is 5.91 Å². The van der Waals surface area contributed by atoms with Crippen LogP contribution in [-0.2, 0) is 22.2 Å². The molecule has 0 aromatic rings. The molecule has 181 valence electrons. The van der Waals surface area contributed by atoms with Gasteiger partial charge >= 0.3 is 8.56 Å². The maximum Gasteiger partial charge on any atom is 0.334 e. The summed E-state index contributed by atoms with van der Waals surface area (Å²) in [5.41, 5.74) is 0. The van der Waals surface area contributed by atoms with Gasteiger partial charge in [-0.15, -0.1) is 0 Å². The molecule has 0 N–H and O–H groups in total. The Balaban J connectivity index is 5.38. The Hall–Kier alpha value is 0.134. The first kappa shape index (κ1) is 31.1. The van der Waals surface area contributed by atoms with Crippen LogP contribution in [0.2, 0.25) is 65.5 Å². The Morgan fingerprint density at radius 1 is 1.10 bits per heavy atom. The second-order valence-corrected chi connectivity index (χ2v) is 26.5. The monoisotopic (exact) mass is 520 g/mol. The molecule has 0 saturated carbocycles. The molecule has 0 aliphatic carbocycles. The van der Waals surface area contributed by atoms with Gasteiger partial charge in [-0.05, 0) is 71.8 Å². The molecule has 1 unspecified atom stereocenters. The lowest BCUT2D eigenvalue weighted by Gasteiger charge is -2.41. The van der Waals surface area contributed by atoms with Gasteiger partial charge in [0.2, 0.25) is 15.7 Å². The zero-order valence-electron chi connectivity index (χ0n) is 21.8. The molecule has 31 heavy (non-hydrogen) atoms. The second-order valence-electron chi connectivity index (χ2n) is 10.6. The van der Waals surface area contributed by atoms with Crippen molar-refractivity contribution < 1.29 is 22.2 Å². The van der Waals surface area contributed by atoms with Crippen LogP contribution in [0.1, 0.15) is 19.8 Å². The first-order chi connectivity index (χ1) is 13.9. The SMILES string of the molecule is C=CC(=O)N(CCCC(C)(OC[Si](C)C)O[Si]C)C[Si](C)(O[Si](C)(C)C)O[Si](C)(C)C. The molecule has 3 radical (unpaired) electrons. The van der Waals surface area contributed by atoms with Gasteiger partial charge in [0, 0.05) is 19.2 Å². The number of amides is 1. The van der Waals surface area contributed by atoms with Crippen LogP contribution in [0.3, 0.4) is 0 Å². The summed E-state index contributed by atoms with van der Waals surface area (Å²) in [6.07, 6.45) is 4.16. The standard InChI is InChI=1S/C20H46NO5Si5/c1-13-19(22)21(16-14-15-20(2,24-27-3)23-18-28(4)5)17-31(12,25-29(6,7)8)26-30(9,10)11/h13H,1,14-18H2,2-12H3. The molecule has 0 aliphatic rings. The van der Waals surface area contributed by atoms with Crippen LogP contribution in [-0.4, -0.2) is 79.3 Å². The Labute approximate surface area is 199 Å². The number of nitrogens with zero attached hydrogens (tertiary/aromatic N) is 1. The molecule has 1 amide bonds. The Kier molecular flexibility index (Phi) is 13.2. The fourth-order valence-electron chi connectivity index (χ4n) is 3.38. The van der Waals surface area contributed by atoms with E-state index >= 15 is 0 Å². The van der Waals surface area contributed by atoms with E-state index in [0.29, 0.717) is 22.5 Å². The normalized spacial score (nSPS) is 15.1. The average molecular weight is 521 g/mol. The maximum absolute atomic E-state index is 12.7. The van der Waals surface area contributed by atoms with Crippen molar-refractivity contribution >= 4 is 49.7 Å². The number of hydrogen-bond acceptors (Lipinski definition) is 5. The molecule has 0 aromatic heterocycles. The van der Waals surface area contributed by atoms with Crippen molar-refractivity contribution in [1.29, 1.82) is 0 Å². The molecule has 1 atom stereocenters. The zero-order chi connectivity index (χ0) is 24.5. The first-order valence-corrected chi connectivity index (χ1v) is 24.5. The smallest absolute Gasteiger partial charge is 0.334 e. The fourth-order valence-corrected chi connectivity index (χ4v) is 17.0. The van der Waals surface area contributed by atoms with E-state index in [9.17, 15) is 4.79 Å². The van der Waals surface area contributed by atoms with Crippen molar-refractivity contribution in [2.24, 2.45) is 0 Å². The largest absolute Gasteiger partial charge is 0.436 e. The molecular weight excluding hydrogens is 475 g/mol. The summed E-state index contributed by atoms with van der Waals surface area (Å²) in [6, 6.07) is 0. The number of carbonyl (C=O) groups is 1. The Morgan fingerprint density at radius 2 is 1.61 bits per heavy atom. The van der Waals surface area contributed by atoms with E-state index in [1.807, 2.05) is 18.4 Å². The van der Waals surface area contributed by atoms with Gasteiger partial charge in [0.15, 0.2) is 22.4 Å². The van der Waals surface area contributed by atoms with E-state index in [0.717, 1.165) is 19.1 Å². The van der Waals surface area contributed by atoms with Gasteiger partial charge in [0.1, 0.15) is 0 Å². The molecule has 0 spiro atoms. The molecule has 0 aliphatic heterocycles. The van der Waals surface area contributed by atoms with Gasteiger partial charge in [-0.3, -0.25) is 4.79 Å². The Bertz CT molecular complexity index is 549. The van der Waals surface area contributed by atoms with Crippen molar-refractivity contribution in [3.8, 4) is 0 Å². The van der Waals surface area contributed by atoms with E-state index < -0.39 is 39.8 Å². The lowest BCUT2D eigenvalue weighted by Crippen LogP contribution is -2.59. The van der Waals surface area contributed by atoms with Crippen LogP contribution in [0, 0.1) is 0 Å². The molecule has 6 nitrogen and oxygen atoms in total. The topological polar surface area (TPSA) is 57.2 Å². The van der Waals surface area contributed by atoms with E-state index in [1.54, 1.807) is 0 Å². The summed E-state index contributed by atoms with van der Waals surface area (Å²) in [4.78, 5) is 14.6. The molecule has 0 heterocycles. The number of ether oxygens (including phenoxy) is 1. The highest BCUT2D eigenvalue weighted by Gasteiger charge is 2.42. The molecule has 11 heteroatoms. The van der Waals surface area contributed by atoms with Crippen LogP contribution < -0.4 is 0 Å². The number of rotatable bonds is 16. The van der Waals surface area contributed by atoms with Gasteiger partial charge in [-0.1, -0.05) is 19.7 Å². The quantitative estimate of drug-likeness (QED) is 0.166. The fraction of sp³-hybridized carbons (Fsp3) is 0.850. The molecule has 0 saturated heterocycles. The third kappa shape index (κ3) is 14.8. The van der Waals surface area contributed by atoms with Crippen molar-refractivity contribution in [3.05, 3.63) is 12.7 Å². The van der Waals surface area contributed by atoms with Gasteiger partial charge in [-0.2, -0.15) is 0 Å². The summed E-state index contributed by atoms with van der Waals surface area (Å²) in [5, 5.41) is 0. The highest BCUT2D eigenvalue weighted by molar-refractivity contribution is 6.87. The number of carbonyl (C=O) groups excluding carboxylic acids is 1. The van der Waals surface area contributed by atoms with Crippen LogP contribution in [0.15, 0.2) is 12.7 Å². The van der Waals surface area contributed by atoms with Crippen molar-refractivity contribution in [2.75, 3.05) is 18.9 Å². The third-order valence-electron chi connectivity index (χ3n) is 4.05. The van der Waals surface area contributed by atoms with Crippen LogP contribution in [0.4, 0.5) is 0 Å². The third-order valence-corrected chi connectivity index (χ3v) is 14.7. The highest BCUT2D eigenvalue weighted by Crippen LogP contribution is 2.24. The predicted octanol–water partition coefficient (Wildman–Crippen LogP) is 4.81. The van der Waals surface area contributed by atoms with Gasteiger partial charge < -0.3 is 22.3 Å². The zero-order valence-corrected chi connectivity index (χ0v) is 26.8. The molecule has 0 aromatic carbocycles. The molecule has 0 rings (SSSR count). The summed E-state index contributed by atoms with van der Waals surface area (Å²) < 4.78 is 25.2. The number of hydrogen-bond donors (Lipinski definition) is 0. The van der Waals surface area contributed by atoms with Crippen molar-refractivity contribution in [1.82, 2.24) is 4.90 Å². The lowest BCUT2D eigenvalue weighted by atomic mass is 10.1. The lowest BCUT2D eigenvalue weighted by molar-refractivity contribution is -0.163. The summed E-state index contributed by atoms with van der Waals surface area (Å²) in [7, 11) is -6.40. The van der Waals surface area contributed by atoms with E-state index in [4.69, 9.17) is 17.4 Å². The van der Waals surface area contributed by atoms with Crippen molar-refractivity contribution in [2.45, 2.75) is 91.0 Å². The van der Waals surface area contributed by atoms with Gasteiger partial charge in [-0.25, -0.2) is 0 Å².